The lowest BCUT2D eigenvalue weighted by Gasteiger charge is -2.27. The number of rotatable bonds is 6. The summed E-state index contributed by atoms with van der Waals surface area (Å²) < 4.78 is 0. The van der Waals surface area contributed by atoms with Crippen LogP contribution in [0.25, 0.3) is 0 Å². The number of hydrogen-bond donors (Lipinski definition) is 1. The van der Waals surface area contributed by atoms with Crippen LogP contribution in [0.3, 0.4) is 0 Å². The third kappa shape index (κ3) is 3.22. The Morgan fingerprint density at radius 2 is 1.90 bits per heavy atom. The van der Waals surface area contributed by atoms with Gasteiger partial charge in [-0.05, 0) is 49.5 Å². The summed E-state index contributed by atoms with van der Waals surface area (Å²) in [6, 6.07) is 14.1. The maximum absolute atomic E-state index is 3.35. The van der Waals surface area contributed by atoms with Crippen LogP contribution < -0.4 is 10.2 Å². The second kappa shape index (κ2) is 6.91. The molecule has 2 rings (SSSR count). The zero-order valence-corrected chi connectivity index (χ0v) is 13.6. The monoisotopic (exact) mass is 288 g/mol. The van der Waals surface area contributed by atoms with Crippen molar-refractivity contribution in [1.29, 1.82) is 0 Å². The van der Waals surface area contributed by atoms with E-state index >= 15 is 0 Å². The van der Waals surface area contributed by atoms with Crippen LogP contribution in [0.15, 0.2) is 41.8 Å². The van der Waals surface area contributed by atoms with Crippen LogP contribution in [0.2, 0.25) is 0 Å². The lowest BCUT2D eigenvalue weighted by atomic mass is 10.0. The Hall–Kier alpha value is -1.32. The second-order valence-electron chi connectivity index (χ2n) is 5.14. The van der Waals surface area contributed by atoms with Crippen molar-refractivity contribution in [3.05, 3.63) is 52.2 Å². The van der Waals surface area contributed by atoms with Gasteiger partial charge in [0.05, 0.1) is 6.04 Å². The zero-order valence-electron chi connectivity index (χ0n) is 12.8. The van der Waals surface area contributed by atoms with Crippen LogP contribution in [0.4, 0.5) is 5.69 Å². The SMILES string of the molecule is CCC(NC)c1ccc(N(C)C(C)c2cccs2)cc1. The first-order valence-corrected chi connectivity index (χ1v) is 8.08. The second-order valence-corrected chi connectivity index (χ2v) is 6.12. The molecule has 0 bridgehead atoms. The Labute approximate surface area is 126 Å². The zero-order chi connectivity index (χ0) is 14.5. The fraction of sp³-hybridized carbons (Fsp3) is 0.412. The molecule has 0 fully saturated rings. The van der Waals surface area contributed by atoms with Gasteiger partial charge in [0.2, 0.25) is 0 Å². The molecule has 1 heterocycles. The lowest BCUT2D eigenvalue weighted by Crippen LogP contribution is -2.21. The van der Waals surface area contributed by atoms with Crippen LogP contribution in [0, 0.1) is 0 Å². The fourth-order valence-corrected chi connectivity index (χ4v) is 3.32. The van der Waals surface area contributed by atoms with E-state index in [4.69, 9.17) is 0 Å². The van der Waals surface area contributed by atoms with Gasteiger partial charge in [-0.15, -0.1) is 11.3 Å². The van der Waals surface area contributed by atoms with Gasteiger partial charge in [0.15, 0.2) is 0 Å². The van der Waals surface area contributed by atoms with Crippen molar-refractivity contribution in [2.45, 2.75) is 32.4 Å². The standard InChI is InChI=1S/C17H24N2S/c1-5-16(18-3)14-8-10-15(11-9-14)19(4)13(2)17-7-6-12-20-17/h6-13,16,18H,5H2,1-4H3. The van der Waals surface area contributed by atoms with E-state index < -0.39 is 0 Å². The van der Waals surface area contributed by atoms with Crippen molar-refractivity contribution in [3.8, 4) is 0 Å². The summed E-state index contributed by atoms with van der Waals surface area (Å²) in [4.78, 5) is 3.73. The molecule has 0 aliphatic rings. The molecule has 1 aromatic heterocycles. The highest BCUT2D eigenvalue weighted by Crippen LogP contribution is 2.29. The van der Waals surface area contributed by atoms with Gasteiger partial charge < -0.3 is 10.2 Å². The number of benzene rings is 1. The Morgan fingerprint density at radius 1 is 1.20 bits per heavy atom. The quantitative estimate of drug-likeness (QED) is 0.834. The van der Waals surface area contributed by atoms with Crippen molar-refractivity contribution >= 4 is 17.0 Å². The summed E-state index contributed by atoms with van der Waals surface area (Å²) >= 11 is 1.82. The molecular formula is C17H24N2S. The van der Waals surface area contributed by atoms with E-state index in [2.05, 4.69) is 72.9 Å². The fourth-order valence-electron chi connectivity index (χ4n) is 2.49. The third-order valence-electron chi connectivity index (χ3n) is 4.00. The number of hydrogen-bond acceptors (Lipinski definition) is 3. The van der Waals surface area contributed by atoms with Crippen LogP contribution in [0.1, 0.15) is 42.8 Å². The smallest absolute Gasteiger partial charge is 0.0603 e. The maximum Gasteiger partial charge on any atom is 0.0603 e. The van der Waals surface area contributed by atoms with Crippen molar-refractivity contribution in [3.63, 3.8) is 0 Å². The Bertz CT molecular complexity index is 500. The Morgan fingerprint density at radius 3 is 2.40 bits per heavy atom. The average molecular weight is 288 g/mol. The molecular weight excluding hydrogens is 264 g/mol. The van der Waals surface area contributed by atoms with Crippen molar-refractivity contribution < 1.29 is 0 Å². The van der Waals surface area contributed by atoms with Crippen LogP contribution in [-0.2, 0) is 0 Å². The lowest BCUT2D eigenvalue weighted by molar-refractivity contribution is 0.577. The number of thiophene rings is 1. The summed E-state index contributed by atoms with van der Waals surface area (Å²) in [6.07, 6.45) is 1.11. The largest absolute Gasteiger partial charge is 0.367 e. The van der Waals surface area contributed by atoms with Gasteiger partial charge in [-0.25, -0.2) is 0 Å². The molecule has 20 heavy (non-hydrogen) atoms. The summed E-state index contributed by atoms with van der Waals surface area (Å²) in [5.41, 5.74) is 2.62. The topological polar surface area (TPSA) is 15.3 Å². The van der Waals surface area contributed by atoms with Gasteiger partial charge in [0.25, 0.3) is 0 Å². The Kier molecular flexibility index (Phi) is 5.21. The van der Waals surface area contributed by atoms with Gasteiger partial charge in [0.1, 0.15) is 0 Å². The molecule has 2 unspecified atom stereocenters. The minimum atomic E-state index is 0.409. The Balaban J connectivity index is 2.13. The summed E-state index contributed by atoms with van der Waals surface area (Å²) in [7, 11) is 4.18. The maximum atomic E-state index is 3.35. The molecule has 0 saturated carbocycles. The number of nitrogens with one attached hydrogen (secondary N) is 1. The van der Waals surface area contributed by atoms with E-state index in [9.17, 15) is 0 Å². The van der Waals surface area contributed by atoms with Gasteiger partial charge in [-0.1, -0.05) is 25.1 Å². The van der Waals surface area contributed by atoms with Gasteiger partial charge >= 0.3 is 0 Å². The highest BCUT2D eigenvalue weighted by molar-refractivity contribution is 7.10. The van der Waals surface area contributed by atoms with Crippen molar-refractivity contribution in [1.82, 2.24) is 5.32 Å². The first kappa shape index (κ1) is 15.1. The summed E-state index contributed by atoms with van der Waals surface area (Å²) in [5, 5.41) is 5.49. The summed E-state index contributed by atoms with van der Waals surface area (Å²) in [6.45, 7) is 4.46. The first-order chi connectivity index (χ1) is 9.67. The molecule has 0 aliphatic carbocycles. The predicted octanol–water partition coefficient (Wildman–Crippen LogP) is 4.62. The molecule has 0 spiro atoms. The molecule has 2 atom stereocenters. The molecule has 0 radical (unpaired) electrons. The van der Waals surface area contributed by atoms with E-state index in [0.717, 1.165) is 6.42 Å². The normalized spacial score (nSPS) is 14.0. The van der Waals surface area contributed by atoms with E-state index in [0.29, 0.717) is 12.1 Å². The first-order valence-electron chi connectivity index (χ1n) is 7.20. The van der Waals surface area contributed by atoms with E-state index in [-0.39, 0.29) is 0 Å². The molecule has 1 N–H and O–H groups in total. The van der Waals surface area contributed by atoms with Gasteiger partial charge in [-0.2, -0.15) is 0 Å². The van der Waals surface area contributed by atoms with E-state index in [1.54, 1.807) is 0 Å². The molecule has 0 saturated heterocycles. The molecule has 0 amide bonds. The van der Waals surface area contributed by atoms with E-state index in [1.165, 1.54) is 16.1 Å². The molecule has 0 aliphatic heterocycles. The predicted molar refractivity (Wildman–Crippen MR) is 89.7 cm³/mol. The minimum Gasteiger partial charge on any atom is -0.367 e. The van der Waals surface area contributed by atoms with Crippen molar-refractivity contribution in [2.75, 3.05) is 19.0 Å². The molecule has 3 heteroatoms. The number of nitrogens with zero attached hydrogens (tertiary/aromatic N) is 1. The summed E-state index contributed by atoms with van der Waals surface area (Å²) in [5.74, 6) is 0. The molecule has 2 nitrogen and oxygen atoms in total. The average Bonchev–Trinajstić information content (AvgIpc) is 3.02. The highest BCUT2D eigenvalue weighted by atomic mass is 32.1. The van der Waals surface area contributed by atoms with Gasteiger partial charge in [0, 0.05) is 23.7 Å². The molecule has 1 aromatic carbocycles. The number of anilines is 1. The van der Waals surface area contributed by atoms with Crippen LogP contribution in [0.5, 0.6) is 0 Å². The minimum absolute atomic E-state index is 0.409. The van der Waals surface area contributed by atoms with Crippen LogP contribution >= 0.6 is 11.3 Å². The van der Waals surface area contributed by atoms with Crippen LogP contribution in [-0.4, -0.2) is 14.1 Å². The van der Waals surface area contributed by atoms with E-state index in [1.807, 2.05) is 18.4 Å². The third-order valence-corrected chi connectivity index (χ3v) is 5.04. The highest BCUT2D eigenvalue weighted by Gasteiger charge is 2.14. The van der Waals surface area contributed by atoms with Gasteiger partial charge in [-0.3, -0.25) is 0 Å². The molecule has 108 valence electrons. The van der Waals surface area contributed by atoms with Crippen molar-refractivity contribution in [2.24, 2.45) is 0 Å². The molecule has 2 aromatic rings.